The van der Waals surface area contributed by atoms with Crippen LogP contribution in [0.4, 0.5) is 17.5 Å². The highest BCUT2D eigenvalue weighted by Crippen LogP contribution is 2.37. The van der Waals surface area contributed by atoms with E-state index in [1.807, 2.05) is 0 Å². The van der Waals surface area contributed by atoms with Crippen LogP contribution in [0.25, 0.3) is 0 Å². The number of benzene rings is 1. The van der Waals surface area contributed by atoms with Crippen LogP contribution in [0.15, 0.2) is 30.3 Å². The minimum absolute atomic E-state index is 0.430. The van der Waals surface area contributed by atoms with Crippen molar-refractivity contribution >= 4 is 17.5 Å². The van der Waals surface area contributed by atoms with E-state index < -0.39 is 0 Å². The molecule has 1 aromatic heterocycles. The number of fused-ring (bicyclic) bond motifs is 1. The summed E-state index contributed by atoms with van der Waals surface area (Å²) in [6.45, 7) is 4.33. The molecular weight excluding hydrogens is 296 g/mol. The Labute approximate surface area is 144 Å². The monoisotopic (exact) mass is 322 g/mol. The first-order valence-corrected chi connectivity index (χ1v) is 9.20. The van der Waals surface area contributed by atoms with Crippen LogP contribution in [0.5, 0.6) is 0 Å². The lowest BCUT2D eigenvalue weighted by Crippen LogP contribution is -2.27. The molecule has 1 saturated carbocycles. The number of nitrogens with one attached hydrogen (secondary N) is 1. The third-order valence-electron chi connectivity index (χ3n) is 5.23. The first-order chi connectivity index (χ1) is 11.7. The second kappa shape index (κ2) is 6.42. The van der Waals surface area contributed by atoms with Gasteiger partial charge in [-0.15, -0.1) is 0 Å². The van der Waals surface area contributed by atoms with Gasteiger partial charge in [0.2, 0.25) is 5.95 Å². The Morgan fingerprint density at radius 2 is 1.88 bits per heavy atom. The van der Waals surface area contributed by atoms with Gasteiger partial charge in [-0.25, -0.2) is 4.98 Å². The van der Waals surface area contributed by atoms with Gasteiger partial charge in [0.1, 0.15) is 5.82 Å². The van der Waals surface area contributed by atoms with Crippen LogP contribution in [0, 0.1) is 6.92 Å². The van der Waals surface area contributed by atoms with Crippen molar-refractivity contribution in [2.75, 3.05) is 10.2 Å². The summed E-state index contributed by atoms with van der Waals surface area (Å²) in [5.74, 6) is 1.80. The van der Waals surface area contributed by atoms with Crippen LogP contribution in [0.2, 0.25) is 0 Å². The van der Waals surface area contributed by atoms with Crippen molar-refractivity contribution in [2.45, 2.75) is 64.5 Å². The minimum Gasteiger partial charge on any atom is -0.351 e. The number of nitrogens with zero attached hydrogens (tertiary/aromatic N) is 3. The number of hydrogen-bond donors (Lipinski definition) is 1. The zero-order valence-corrected chi connectivity index (χ0v) is 14.6. The molecule has 1 atom stereocenters. The Morgan fingerprint density at radius 3 is 2.71 bits per heavy atom. The topological polar surface area (TPSA) is 41.1 Å². The molecule has 1 unspecified atom stereocenters. The molecule has 1 aliphatic carbocycles. The van der Waals surface area contributed by atoms with Gasteiger partial charge in [0.15, 0.2) is 0 Å². The molecule has 2 aromatic rings. The van der Waals surface area contributed by atoms with Crippen molar-refractivity contribution < 1.29 is 0 Å². The predicted octanol–water partition coefficient (Wildman–Crippen LogP) is 4.61. The van der Waals surface area contributed by atoms with E-state index >= 15 is 0 Å². The number of anilines is 3. The molecule has 4 heteroatoms. The van der Waals surface area contributed by atoms with Gasteiger partial charge in [-0.2, -0.15) is 4.98 Å². The number of aromatic nitrogens is 2. The fourth-order valence-electron chi connectivity index (χ4n) is 4.08. The number of rotatable bonds is 3. The van der Waals surface area contributed by atoms with E-state index in [0.29, 0.717) is 12.1 Å². The summed E-state index contributed by atoms with van der Waals surface area (Å²) in [5.41, 5.74) is 3.71. The standard InChI is InChI=1S/C20H26N4/c1-14-12-19(23-20(21-14)22-17-9-4-3-5-10-17)24-15(2)13-16-8-6-7-11-18(16)24/h6-8,11-12,15,17H,3-5,9-10,13H2,1-2H3,(H,21,22,23). The van der Waals surface area contributed by atoms with Crippen LogP contribution in [-0.4, -0.2) is 22.1 Å². The summed E-state index contributed by atoms with van der Waals surface area (Å²) < 4.78 is 0. The van der Waals surface area contributed by atoms with Gasteiger partial charge in [0, 0.05) is 29.5 Å². The lowest BCUT2D eigenvalue weighted by atomic mass is 9.96. The highest BCUT2D eigenvalue weighted by Gasteiger charge is 2.28. The van der Waals surface area contributed by atoms with E-state index in [4.69, 9.17) is 4.98 Å². The van der Waals surface area contributed by atoms with Gasteiger partial charge in [-0.05, 0) is 44.7 Å². The Bertz CT molecular complexity index is 721. The number of para-hydroxylation sites is 1. The third kappa shape index (κ3) is 2.97. The Morgan fingerprint density at radius 1 is 1.08 bits per heavy atom. The molecule has 0 bridgehead atoms. The highest BCUT2D eigenvalue weighted by atomic mass is 15.3. The molecule has 24 heavy (non-hydrogen) atoms. The molecule has 4 nitrogen and oxygen atoms in total. The Kier molecular flexibility index (Phi) is 4.13. The smallest absolute Gasteiger partial charge is 0.225 e. The third-order valence-corrected chi connectivity index (χ3v) is 5.23. The van der Waals surface area contributed by atoms with E-state index in [9.17, 15) is 0 Å². The van der Waals surface area contributed by atoms with E-state index in [0.717, 1.165) is 23.9 Å². The first kappa shape index (κ1) is 15.4. The molecule has 1 aliphatic heterocycles. The molecular formula is C20H26N4. The fourth-order valence-corrected chi connectivity index (χ4v) is 4.08. The van der Waals surface area contributed by atoms with Gasteiger partial charge in [-0.1, -0.05) is 37.5 Å². The maximum atomic E-state index is 4.86. The fraction of sp³-hybridized carbons (Fsp3) is 0.500. The predicted molar refractivity (Wildman–Crippen MR) is 99.0 cm³/mol. The number of hydrogen-bond acceptors (Lipinski definition) is 4. The van der Waals surface area contributed by atoms with Gasteiger partial charge < -0.3 is 10.2 Å². The summed E-state index contributed by atoms with van der Waals surface area (Å²) in [4.78, 5) is 11.9. The molecule has 2 aliphatic rings. The largest absolute Gasteiger partial charge is 0.351 e. The van der Waals surface area contributed by atoms with Gasteiger partial charge in [-0.3, -0.25) is 0 Å². The van der Waals surface area contributed by atoms with E-state index in [2.05, 4.69) is 59.4 Å². The Hall–Kier alpha value is -2.10. The average molecular weight is 322 g/mol. The second-order valence-corrected chi connectivity index (χ2v) is 7.22. The van der Waals surface area contributed by atoms with Crippen molar-refractivity contribution in [1.29, 1.82) is 0 Å². The van der Waals surface area contributed by atoms with Crippen LogP contribution >= 0.6 is 0 Å². The second-order valence-electron chi connectivity index (χ2n) is 7.22. The van der Waals surface area contributed by atoms with Gasteiger partial charge in [0.25, 0.3) is 0 Å². The molecule has 0 spiro atoms. The maximum absolute atomic E-state index is 4.86. The minimum atomic E-state index is 0.430. The maximum Gasteiger partial charge on any atom is 0.225 e. The average Bonchev–Trinajstić information content (AvgIpc) is 2.91. The summed E-state index contributed by atoms with van der Waals surface area (Å²) in [6, 6.07) is 11.7. The summed E-state index contributed by atoms with van der Waals surface area (Å²) in [7, 11) is 0. The van der Waals surface area contributed by atoms with Crippen molar-refractivity contribution in [3.63, 3.8) is 0 Å². The van der Waals surface area contributed by atoms with Gasteiger partial charge >= 0.3 is 0 Å². The zero-order chi connectivity index (χ0) is 16.5. The first-order valence-electron chi connectivity index (χ1n) is 9.20. The molecule has 1 aromatic carbocycles. The Balaban J connectivity index is 1.63. The molecule has 0 radical (unpaired) electrons. The molecule has 2 heterocycles. The van der Waals surface area contributed by atoms with E-state index in [-0.39, 0.29) is 0 Å². The molecule has 0 saturated heterocycles. The molecule has 1 N–H and O–H groups in total. The van der Waals surface area contributed by atoms with E-state index in [1.54, 1.807) is 0 Å². The van der Waals surface area contributed by atoms with Crippen LogP contribution < -0.4 is 10.2 Å². The van der Waals surface area contributed by atoms with Crippen molar-refractivity contribution in [3.8, 4) is 0 Å². The zero-order valence-electron chi connectivity index (χ0n) is 14.6. The van der Waals surface area contributed by atoms with Crippen LogP contribution in [-0.2, 0) is 6.42 Å². The van der Waals surface area contributed by atoms with Crippen molar-refractivity contribution in [2.24, 2.45) is 0 Å². The summed E-state index contributed by atoms with van der Waals surface area (Å²) >= 11 is 0. The van der Waals surface area contributed by atoms with Crippen LogP contribution in [0.1, 0.15) is 50.3 Å². The lowest BCUT2D eigenvalue weighted by Gasteiger charge is -2.26. The summed E-state index contributed by atoms with van der Waals surface area (Å²) in [5, 5.41) is 3.58. The molecule has 0 amide bonds. The van der Waals surface area contributed by atoms with Crippen LogP contribution in [0.3, 0.4) is 0 Å². The highest BCUT2D eigenvalue weighted by molar-refractivity contribution is 5.69. The van der Waals surface area contributed by atoms with Crippen molar-refractivity contribution in [3.05, 3.63) is 41.6 Å². The number of aryl methyl sites for hydroxylation is 1. The lowest BCUT2D eigenvalue weighted by molar-refractivity contribution is 0.460. The molecule has 126 valence electrons. The summed E-state index contributed by atoms with van der Waals surface area (Å²) in [6.07, 6.45) is 7.52. The van der Waals surface area contributed by atoms with E-state index in [1.165, 1.54) is 43.4 Å². The normalized spacial score (nSPS) is 20.9. The SMILES string of the molecule is Cc1cc(N2c3ccccc3CC2C)nc(NC2CCCCC2)n1. The van der Waals surface area contributed by atoms with Gasteiger partial charge in [0.05, 0.1) is 0 Å². The van der Waals surface area contributed by atoms with Crippen molar-refractivity contribution in [1.82, 2.24) is 9.97 Å². The molecule has 4 rings (SSSR count). The quantitative estimate of drug-likeness (QED) is 0.896. The molecule has 1 fully saturated rings.